The topological polar surface area (TPSA) is 97.4 Å². The highest BCUT2D eigenvalue weighted by atomic mass is 127. The van der Waals surface area contributed by atoms with Crippen molar-refractivity contribution in [3.63, 3.8) is 0 Å². The third-order valence-corrected chi connectivity index (χ3v) is 10.1. The lowest BCUT2D eigenvalue weighted by atomic mass is 10.0. The van der Waals surface area contributed by atoms with E-state index in [1.807, 2.05) is 5.38 Å². The normalized spacial score (nSPS) is 12.2. The third-order valence-electron chi connectivity index (χ3n) is 6.85. The van der Waals surface area contributed by atoms with E-state index in [0.29, 0.717) is 25.1 Å². The maximum absolute atomic E-state index is 12.2. The maximum atomic E-state index is 12.2. The average molecular weight is 734 g/mol. The van der Waals surface area contributed by atoms with Crippen LogP contribution in [0.2, 0.25) is 0 Å². The number of carbonyl (C=O) groups excluding carboxylic acids is 1. The van der Waals surface area contributed by atoms with Crippen molar-refractivity contribution < 1.29 is 17.9 Å². The summed E-state index contributed by atoms with van der Waals surface area (Å²) in [6.45, 7) is 3.12. The number of amides is 1. The number of unbranched alkanes of at least 4 members (excludes halogenated alkanes) is 15. The zero-order valence-corrected chi connectivity index (χ0v) is 29.8. The van der Waals surface area contributed by atoms with Gasteiger partial charge in [0.2, 0.25) is 10.0 Å². The van der Waals surface area contributed by atoms with Gasteiger partial charge in [-0.05, 0) is 12.8 Å². The van der Waals surface area contributed by atoms with Crippen molar-refractivity contribution in [2.24, 2.45) is 0 Å². The van der Waals surface area contributed by atoms with Gasteiger partial charge in [0.15, 0.2) is 0 Å². The molecule has 40 heavy (non-hydrogen) atoms. The van der Waals surface area contributed by atoms with Crippen LogP contribution in [-0.4, -0.2) is 56.4 Å². The number of sulfonamides is 1. The Bertz CT molecular complexity index is 798. The Morgan fingerprint density at radius 3 is 1.98 bits per heavy atom. The number of thiazole rings is 1. The van der Waals surface area contributed by atoms with Crippen molar-refractivity contribution in [2.75, 3.05) is 31.7 Å². The highest BCUT2D eigenvalue weighted by Crippen LogP contribution is 2.14. The molecule has 236 valence electrons. The number of aromatic nitrogens is 1. The highest BCUT2D eigenvalue weighted by Gasteiger charge is 2.16. The van der Waals surface area contributed by atoms with Crippen LogP contribution in [0.1, 0.15) is 121 Å². The molecular formula is C29H56IN3O4S3. The third kappa shape index (κ3) is 24.6. The van der Waals surface area contributed by atoms with E-state index in [1.54, 1.807) is 6.20 Å². The summed E-state index contributed by atoms with van der Waals surface area (Å²) in [6, 6.07) is 0. The Morgan fingerprint density at radius 1 is 0.925 bits per heavy atom. The zero-order chi connectivity index (χ0) is 28.4. The molecule has 0 saturated carbocycles. The fraction of sp³-hybridized carbons (Fsp3) is 0.862. The lowest BCUT2D eigenvalue weighted by Crippen LogP contribution is -2.36. The first-order valence-electron chi connectivity index (χ1n) is 15.3. The van der Waals surface area contributed by atoms with E-state index in [0.717, 1.165) is 29.6 Å². The Hall–Kier alpha value is 0.0500. The number of thioether (sulfide) groups is 1. The molecule has 1 unspecified atom stereocenters. The molecule has 2 N–H and O–H groups in total. The van der Waals surface area contributed by atoms with Gasteiger partial charge in [0.1, 0.15) is 0 Å². The molecule has 0 aliphatic heterocycles. The van der Waals surface area contributed by atoms with Crippen LogP contribution in [0.4, 0.5) is 4.79 Å². The lowest BCUT2D eigenvalue weighted by Gasteiger charge is -2.15. The van der Waals surface area contributed by atoms with Gasteiger partial charge in [-0.15, -0.1) is 35.3 Å². The van der Waals surface area contributed by atoms with Gasteiger partial charge in [-0.1, -0.05) is 115 Å². The summed E-state index contributed by atoms with van der Waals surface area (Å²) in [6.07, 6.45) is 23.9. The molecule has 0 spiro atoms. The van der Waals surface area contributed by atoms with E-state index < -0.39 is 10.0 Å². The Labute approximate surface area is 270 Å². The summed E-state index contributed by atoms with van der Waals surface area (Å²) in [5.41, 5.74) is 0. The monoisotopic (exact) mass is 733 g/mol. The Morgan fingerprint density at radius 2 is 1.48 bits per heavy atom. The minimum Gasteiger partial charge on any atom is -0.379 e. The molecule has 1 aromatic heterocycles. The molecule has 11 heteroatoms. The fourth-order valence-electron chi connectivity index (χ4n) is 4.38. The van der Waals surface area contributed by atoms with Crippen LogP contribution >= 0.6 is 47.1 Å². The van der Waals surface area contributed by atoms with Crippen LogP contribution in [-0.2, 0) is 21.2 Å². The van der Waals surface area contributed by atoms with Gasteiger partial charge in [0.05, 0.1) is 16.9 Å². The highest BCUT2D eigenvalue weighted by molar-refractivity contribution is 14.0. The first-order chi connectivity index (χ1) is 19.0. The summed E-state index contributed by atoms with van der Waals surface area (Å²) in [5.74, 6) is 0.457. The van der Waals surface area contributed by atoms with Crippen molar-refractivity contribution in [3.05, 3.63) is 16.6 Å². The molecule has 0 saturated heterocycles. The largest absolute Gasteiger partial charge is 0.379 e. The van der Waals surface area contributed by atoms with Crippen LogP contribution in [0, 0.1) is 0 Å². The van der Waals surface area contributed by atoms with Crippen molar-refractivity contribution in [1.82, 2.24) is 15.0 Å². The summed E-state index contributed by atoms with van der Waals surface area (Å²) < 4.78 is 32.4. The molecular weight excluding hydrogens is 677 g/mol. The van der Waals surface area contributed by atoms with E-state index in [2.05, 4.69) is 21.9 Å². The van der Waals surface area contributed by atoms with Crippen LogP contribution < -0.4 is 10.0 Å². The summed E-state index contributed by atoms with van der Waals surface area (Å²) in [4.78, 5) is 16.3. The van der Waals surface area contributed by atoms with Crippen LogP contribution in [0.25, 0.3) is 0 Å². The number of halogens is 1. The van der Waals surface area contributed by atoms with Gasteiger partial charge in [-0.3, -0.25) is 4.79 Å². The fourth-order valence-corrected chi connectivity index (χ4v) is 6.94. The second kappa shape index (κ2) is 27.9. The minimum atomic E-state index is -3.38. The predicted molar refractivity (Wildman–Crippen MR) is 184 cm³/mol. The number of methoxy groups -OCH3 is 1. The molecule has 1 amide bonds. The van der Waals surface area contributed by atoms with Gasteiger partial charge in [0, 0.05) is 43.9 Å². The number of hydrogen-bond acceptors (Lipinski definition) is 7. The second-order valence-electron chi connectivity index (χ2n) is 10.4. The molecule has 0 fully saturated rings. The average Bonchev–Trinajstić information content (AvgIpc) is 3.44. The summed E-state index contributed by atoms with van der Waals surface area (Å²) in [7, 11) is -1.84. The van der Waals surface area contributed by atoms with Gasteiger partial charge < -0.3 is 10.1 Å². The standard InChI is InChI=1S/C29H55N3O4S3.HI/c1-3-4-5-6-7-8-9-10-11-12-13-14-15-16-17-18-21-31-29(33)38-26-27(36-2)25-32-39(34,35)24-19-20-28-30-22-23-37-28;/h22-23,27,32H,3-21,24-26H2,1-2H3,(H,31,33);1H. The van der Waals surface area contributed by atoms with Gasteiger partial charge >= 0.3 is 0 Å². The predicted octanol–water partition coefficient (Wildman–Crippen LogP) is 8.33. The van der Waals surface area contributed by atoms with Crippen molar-refractivity contribution >= 4 is 62.3 Å². The molecule has 1 rings (SSSR count). The van der Waals surface area contributed by atoms with Gasteiger partial charge in [-0.25, -0.2) is 18.1 Å². The van der Waals surface area contributed by atoms with Gasteiger partial charge in [0.25, 0.3) is 5.24 Å². The quantitative estimate of drug-likeness (QED) is 0.0698. The van der Waals surface area contributed by atoms with Crippen LogP contribution in [0.15, 0.2) is 11.6 Å². The van der Waals surface area contributed by atoms with Crippen LogP contribution in [0.5, 0.6) is 0 Å². The molecule has 1 aromatic rings. The molecule has 0 bridgehead atoms. The first kappa shape index (κ1) is 40.1. The molecule has 1 atom stereocenters. The van der Waals surface area contributed by atoms with Crippen LogP contribution in [0.3, 0.4) is 0 Å². The molecule has 0 aliphatic carbocycles. The van der Waals surface area contributed by atoms with E-state index in [1.165, 1.54) is 108 Å². The second-order valence-corrected chi connectivity index (χ2v) is 14.3. The zero-order valence-electron chi connectivity index (χ0n) is 25.0. The van der Waals surface area contributed by atoms with E-state index in [9.17, 15) is 13.2 Å². The minimum absolute atomic E-state index is 0. The smallest absolute Gasteiger partial charge is 0.279 e. The number of ether oxygens (including phenoxy) is 1. The number of rotatable bonds is 27. The number of hydrogen-bond donors (Lipinski definition) is 2. The van der Waals surface area contributed by atoms with Crippen molar-refractivity contribution in [2.45, 2.75) is 129 Å². The van der Waals surface area contributed by atoms with Crippen molar-refractivity contribution in [1.29, 1.82) is 0 Å². The van der Waals surface area contributed by atoms with E-state index in [4.69, 9.17) is 4.74 Å². The number of aryl methyl sites for hydroxylation is 1. The van der Waals surface area contributed by atoms with E-state index >= 15 is 0 Å². The molecule has 7 nitrogen and oxygen atoms in total. The summed E-state index contributed by atoms with van der Waals surface area (Å²) in [5, 5.41) is 5.71. The van der Waals surface area contributed by atoms with E-state index in [-0.39, 0.29) is 47.6 Å². The summed E-state index contributed by atoms with van der Waals surface area (Å²) >= 11 is 2.68. The Balaban J connectivity index is 0.0000152. The first-order valence-corrected chi connectivity index (χ1v) is 18.8. The molecule has 0 aromatic carbocycles. The Kier molecular flexibility index (Phi) is 27.9. The lowest BCUT2D eigenvalue weighted by molar-refractivity contribution is 0.126. The number of nitrogens with zero attached hydrogens (tertiary/aromatic N) is 1. The molecule has 0 aliphatic rings. The maximum Gasteiger partial charge on any atom is 0.279 e. The van der Waals surface area contributed by atoms with Crippen molar-refractivity contribution in [3.8, 4) is 0 Å². The number of nitrogens with one attached hydrogen (secondary N) is 2. The molecule has 0 radical (unpaired) electrons. The van der Waals surface area contributed by atoms with Gasteiger partial charge in [-0.2, -0.15) is 0 Å². The number of carbonyl (C=O) groups is 1. The SMILES string of the molecule is CCCCCCCCCCCCCCCCCCNC(=O)SCC(CNS(=O)(=O)CCCc1nccs1)OC.I. The molecule has 1 heterocycles.